The normalized spacial score (nSPS) is 13.1. The maximum absolute atomic E-state index is 12.0. The molecule has 0 aromatic heterocycles. The summed E-state index contributed by atoms with van der Waals surface area (Å²) in [6.07, 6.45) is 0.312. The number of hydrogen-bond donors (Lipinski definition) is 1. The Kier molecular flexibility index (Phi) is 4.87. The minimum Gasteiger partial charge on any atom is -0.481 e. The average Bonchev–Trinajstić information content (AvgIpc) is 2.26. The van der Waals surface area contributed by atoms with Crippen molar-refractivity contribution in [1.82, 2.24) is 0 Å². The van der Waals surface area contributed by atoms with Crippen molar-refractivity contribution in [3.05, 3.63) is 35.4 Å². The van der Waals surface area contributed by atoms with Crippen LogP contribution in [0.3, 0.4) is 0 Å². The lowest BCUT2D eigenvalue weighted by Crippen LogP contribution is -2.12. The van der Waals surface area contributed by atoms with Gasteiger partial charge in [-0.3, -0.25) is 9.59 Å². The molecule has 1 atom stereocenters. The summed E-state index contributed by atoms with van der Waals surface area (Å²) in [6, 6.07) is 7.59. The number of benzene rings is 1. The Balaban J connectivity index is 2.71. The highest BCUT2D eigenvalue weighted by Crippen LogP contribution is 2.23. The standard InChI is InChI=1S/C16H22O3/c1-11(10-15(18)19)9-14(17)12-5-7-13(8-6-12)16(2,3)4/h5-8,11H,9-10H2,1-4H3,(H,18,19)/t11-/m1/s1. The zero-order valence-corrected chi connectivity index (χ0v) is 12.1. The molecule has 0 aliphatic rings. The van der Waals surface area contributed by atoms with Gasteiger partial charge in [-0.1, -0.05) is 52.0 Å². The molecular weight excluding hydrogens is 240 g/mol. The van der Waals surface area contributed by atoms with Crippen LogP contribution >= 0.6 is 0 Å². The van der Waals surface area contributed by atoms with Crippen molar-refractivity contribution < 1.29 is 14.7 Å². The van der Waals surface area contributed by atoms with E-state index in [1.807, 2.05) is 24.3 Å². The van der Waals surface area contributed by atoms with E-state index >= 15 is 0 Å². The van der Waals surface area contributed by atoms with Crippen LogP contribution in [0.25, 0.3) is 0 Å². The fraction of sp³-hybridized carbons (Fsp3) is 0.500. The summed E-state index contributed by atoms with van der Waals surface area (Å²) >= 11 is 0. The molecule has 3 nitrogen and oxygen atoms in total. The molecule has 0 saturated heterocycles. The first-order chi connectivity index (χ1) is 8.70. The van der Waals surface area contributed by atoms with E-state index in [9.17, 15) is 9.59 Å². The van der Waals surface area contributed by atoms with E-state index in [1.54, 1.807) is 6.92 Å². The van der Waals surface area contributed by atoms with Gasteiger partial charge in [0.1, 0.15) is 0 Å². The molecule has 0 radical (unpaired) electrons. The SMILES string of the molecule is C[C@@H](CC(=O)O)CC(=O)c1ccc(C(C)(C)C)cc1. The van der Waals surface area contributed by atoms with Crippen LogP contribution in [0.1, 0.15) is 56.5 Å². The molecule has 0 bridgehead atoms. The van der Waals surface area contributed by atoms with E-state index in [1.165, 1.54) is 5.56 Å². The molecule has 104 valence electrons. The van der Waals surface area contributed by atoms with Crippen molar-refractivity contribution in [1.29, 1.82) is 0 Å². The van der Waals surface area contributed by atoms with Crippen LogP contribution in [-0.4, -0.2) is 16.9 Å². The molecule has 0 fully saturated rings. The minimum atomic E-state index is -0.858. The van der Waals surface area contributed by atoms with Crippen LogP contribution in [0.5, 0.6) is 0 Å². The third-order valence-corrected chi connectivity index (χ3v) is 3.13. The molecule has 0 spiro atoms. The van der Waals surface area contributed by atoms with E-state index in [4.69, 9.17) is 5.11 Å². The molecule has 19 heavy (non-hydrogen) atoms. The Bertz CT molecular complexity index is 452. The predicted octanol–water partition coefficient (Wildman–Crippen LogP) is 3.67. The van der Waals surface area contributed by atoms with Gasteiger partial charge in [-0.25, -0.2) is 0 Å². The van der Waals surface area contributed by atoms with Gasteiger partial charge in [-0.15, -0.1) is 0 Å². The summed E-state index contributed by atoms with van der Waals surface area (Å²) in [5.41, 5.74) is 1.91. The van der Waals surface area contributed by atoms with Gasteiger partial charge in [0.25, 0.3) is 0 Å². The molecule has 0 aliphatic heterocycles. The second kappa shape index (κ2) is 6.00. The highest BCUT2D eigenvalue weighted by atomic mass is 16.4. The molecule has 0 heterocycles. The molecule has 0 unspecified atom stereocenters. The summed E-state index contributed by atoms with van der Waals surface area (Å²) in [7, 11) is 0. The Labute approximate surface area is 114 Å². The van der Waals surface area contributed by atoms with Crippen molar-refractivity contribution in [2.45, 2.75) is 46.0 Å². The van der Waals surface area contributed by atoms with Crippen molar-refractivity contribution in [3.8, 4) is 0 Å². The number of carboxylic acid groups (broad SMARTS) is 1. The largest absolute Gasteiger partial charge is 0.481 e. The number of carbonyl (C=O) groups is 2. The molecule has 1 aromatic carbocycles. The smallest absolute Gasteiger partial charge is 0.303 e. The fourth-order valence-electron chi connectivity index (χ4n) is 1.96. The van der Waals surface area contributed by atoms with E-state index in [0.717, 1.165) is 0 Å². The number of Topliss-reactive ketones (excluding diaryl/α,β-unsaturated/α-hetero) is 1. The lowest BCUT2D eigenvalue weighted by molar-refractivity contribution is -0.137. The molecule has 0 aliphatic carbocycles. The molecule has 3 heteroatoms. The second-order valence-corrected chi connectivity index (χ2v) is 6.16. The second-order valence-electron chi connectivity index (χ2n) is 6.16. The van der Waals surface area contributed by atoms with Crippen LogP contribution in [-0.2, 0) is 10.2 Å². The van der Waals surface area contributed by atoms with Gasteiger partial charge in [0.05, 0.1) is 0 Å². The van der Waals surface area contributed by atoms with Gasteiger partial charge in [0.2, 0.25) is 0 Å². The summed E-state index contributed by atoms with van der Waals surface area (Å²) in [5, 5.41) is 8.68. The van der Waals surface area contributed by atoms with Crippen LogP contribution in [0, 0.1) is 5.92 Å². The number of carbonyl (C=O) groups excluding carboxylic acids is 1. The molecule has 1 aromatic rings. The first-order valence-corrected chi connectivity index (χ1v) is 6.55. The number of rotatable bonds is 5. The van der Waals surface area contributed by atoms with Gasteiger partial charge in [0.15, 0.2) is 5.78 Å². The number of aliphatic carboxylic acids is 1. The predicted molar refractivity (Wildman–Crippen MR) is 75.5 cm³/mol. The van der Waals surface area contributed by atoms with E-state index < -0.39 is 5.97 Å². The third kappa shape index (κ3) is 4.86. The fourth-order valence-corrected chi connectivity index (χ4v) is 1.96. The molecule has 0 saturated carbocycles. The first kappa shape index (κ1) is 15.4. The summed E-state index contributed by atoms with van der Waals surface area (Å²) < 4.78 is 0. The Hall–Kier alpha value is -1.64. The average molecular weight is 262 g/mol. The van der Waals surface area contributed by atoms with Gasteiger partial charge >= 0.3 is 5.97 Å². The number of carboxylic acids is 1. The van der Waals surface area contributed by atoms with Gasteiger partial charge in [0, 0.05) is 18.4 Å². The third-order valence-electron chi connectivity index (χ3n) is 3.13. The quantitative estimate of drug-likeness (QED) is 0.824. The van der Waals surface area contributed by atoms with Crippen molar-refractivity contribution in [3.63, 3.8) is 0 Å². The zero-order valence-electron chi connectivity index (χ0n) is 12.1. The van der Waals surface area contributed by atoms with Crippen molar-refractivity contribution in [2.75, 3.05) is 0 Å². The van der Waals surface area contributed by atoms with Crippen LogP contribution < -0.4 is 0 Å². The topological polar surface area (TPSA) is 54.4 Å². The zero-order chi connectivity index (χ0) is 14.6. The van der Waals surface area contributed by atoms with Crippen molar-refractivity contribution >= 4 is 11.8 Å². The van der Waals surface area contributed by atoms with Crippen LogP contribution in [0.2, 0.25) is 0 Å². The molecular formula is C16H22O3. The minimum absolute atomic E-state index is 0.00853. The van der Waals surface area contributed by atoms with Gasteiger partial charge < -0.3 is 5.11 Å². The van der Waals surface area contributed by atoms with Crippen LogP contribution in [0.15, 0.2) is 24.3 Å². The first-order valence-electron chi connectivity index (χ1n) is 6.55. The Morgan fingerprint density at radius 1 is 1.11 bits per heavy atom. The Morgan fingerprint density at radius 2 is 1.63 bits per heavy atom. The highest BCUT2D eigenvalue weighted by molar-refractivity contribution is 5.96. The van der Waals surface area contributed by atoms with Gasteiger partial charge in [-0.05, 0) is 16.9 Å². The van der Waals surface area contributed by atoms with Gasteiger partial charge in [-0.2, -0.15) is 0 Å². The summed E-state index contributed by atoms with van der Waals surface area (Å²) in [5.74, 6) is -0.982. The lowest BCUT2D eigenvalue weighted by Gasteiger charge is -2.19. The molecule has 0 amide bonds. The molecule has 1 N–H and O–H groups in total. The van der Waals surface area contributed by atoms with Crippen LogP contribution in [0.4, 0.5) is 0 Å². The number of hydrogen-bond acceptors (Lipinski definition) is 2. The van der Waals surface area contributed by atoms with Crippen molar-refractivity contribution in [2.24, 2.45) is 5.92 Å². The van der Waals surface area contributed by atoms with E-state index in [2.05, 4.69) is 20.8 Å². The Morgan fingerprint density at radius 3 is 2.05 bits per heavy atom. The van der Waals surface area contributed by atoms with E-state index in [-0.39, 0.29) is 30.0 Å². The maximum Gasteiger partial charge on any atom is 0.303 e. The monoisotopic (exact) mass is 262 g/mol. The lowest BCUT2D eigenvalue weighted by atomic mass is 9.86. The summed E-state index contributed by atoms with van der Waals surface area (Å²) in [4.78, 5) is 22.6. The van der Waals surface area contributed by atoms with E-state index in [0.29, 0.717) is 5.56 Å². The maximum atomic E-state index is 12.0. The highest BCUT2D eigenvalue weighted by Gasteiger charge is 2.16. The molecule has 1 rings (SSSR count). The number of ketones is 1. The summed E-state index contributed by atoms with van der Waals surface area (Å²) in [6.45, 7) is 8.16.